The number of amides is 2. The van der Waals surface area contributed by atoms with Crippen LogP contribution in [-0.4, -0.2) is 37.2 Å². The minimum absolute atomic E-state index is 0.159. The molecule has 3 rings (SSSR count). The Balaban J connectivity index is 1.50. The summed E-state index contributed by atoms with van der Waals surface area (Å²) in [5.41, 5.74) is 3.02. The zero-order chi connectivity index (χ0) is 25.2. The number of carbonyl (C=O) groups is 2. The van der Waals surface area contributed by atoms with Gasteiger partial charge in [0.25, 0.3) is 0 Å². The first-order chi connectivity index (χ1) is 16.9. The minimum atomic E-state index is -0.399. The Bertz CT molecular complexity index is 1160. The minimum Gasteiger partial charge on any atom is -0.494 e. The van der Waals surface area contributed by atoms with Gasteiger partial charge in [-0.25, -0.2) is 0 Å². The first-order valence-electron chi connectivity index (χ1n) is 11.1. The summed E-state index contributed by atoms with van der Waals surface area (Å²) >= 11 is 0. The van der Waals surface area contributed by atoms with E-state index in [4.69, 9.17) is 18.7 Å². The van der Waals surface area contributed by atoms with Gasteiger partial charge in [0.15, 0.2) is 11.5 Å². The zero-order valence-corrected chi connectivity index (χ0v) is 20.2. The van der Waals surface area contributed by atoms with Gasteiger partial charge in [-0.3, -0.25) is 9.59 Å². The van der Waals surface area contributed by atoms with Crippen LogP contribution in [0.4, 0.5) is 5.69 Å². The van der Waals surface area contributed by atoms with Gasteiger partial charge in [-0.1, -0.05) is 11.2 Å². The van der Waals surface area contributed by atoms with Gasteiger partial charge in [0.1, 0.15) is 18.1 Å². The number of aromatic nitrogens is 1. The number of hydrogen-bond acceptors (Lipinski definition) is 7. The average Bonchev–Trinajstić information content (AvgIpc) is 3.18. The van der Waals surface area contributed by atoms with Crippen molar-refractivity contribution in [1.29, 1.82) is 0 Å². The van der Waals surface area contributed by atoms with Crippen molar-refractivity contribution in [1.82, 2.24) is 10.5 Å². The molecule has 9 nitrogen and oxygen atoms in total. The number of aryl methyl sites for hydroxylation is 2. The Morgan fingerprint density at radius 3 is 2.49 bits per heavy atom. The molecule has 0 saturated carbocycles. The summed E-state index contributed by atoms with van der Waals surface area (Å²) in [5, 5.41) is 9.19. The molecule has 0 aliphatic carbocycles. The van der Waals surface area contributed by atoms with Crippen LogP contribution >= 0.6 is 0 Å². The molecular weight excluding hydrogens is 450 g/mol. The van der Waals surface area contributed by atoms with E-state index in [0.29, 0.717) is 36.2 Å². The van der Waals surface area contributed by atoms with E-state index in [1.807, 2.05) is 20.8 Å². The molecule has 1 aromatic heterocycles. The van der Waals surface area contributed by atoms with E-state index in [1.165, 1.54) is 6.08 Å². The SMILES string of the molecule is CCOc1ccc(NC(=O)CNC(=O)/C=C/c2ccc(OCc3c(C)noc3C)c(OC)c2)cc1. The summed E-state index contributed by atoms with van der Waals surface area (Å²) in [6.07, 6.45) is 2.98. The summed E-state index contributed by atoms with van der Waals surface area (Å²) in [5.74, 6) is 1.77. The maximum absolute atomic E-state index is 12.1. The Morgan fingerprint density at radius 2 is 1.83 bits per heavy atom. The van der Waals surface area contributed by atoms with Gasteiger partial charge < -0.3 is 29.4 Å². The summed E-state index contributed by atoms with van der Waals surface area (Å²) in [4.78, 5) is 24.2. The van der Waals surface area contributed by atoms with Crippen LogP contribution in [0.15, 0.2) is 53.1 Å². The monoisotopic (exact) mass is 479 g/mol. The van der Waals surface area contributed by atoms with Crippen LogP contribution in [0.3, 0.4) is 0 Å². The number of carbonyl (C=O) groups excluding carboxylic acids is 2. The van der Waals surface area contributed by atoms with Gasteiger partial charge in [-0.15, -0.1) is 0 Å². The van der Waals surface area contributed by atoms with Crippen LogP contribution in [0, 0.1) is 13.8 Å². The third-order valence-corrected chi connectivity index (χ3v) is 5.04. The second kappa shape index (κ2) is 12.3. The van der Waals surface area contributed by atoms with E-state index in [2.05, 4.69) is 15.8 Å². The third-order valence-electron chi connectivity index (χ3n) is 5.04. The molecule has 0 radical (unpaired) electrons. The van der Waals surface area contributed by atoms with Gasteiger partial charge in [0.2, 0.25) is 11.8 Å². The van der Waals surface area contributed by atoms with Crippen LogP contribution < -0.4 is 24.8 Å². The highest BCUT2D eigenvalue weighted by Crippen LogP contribution is 2.30. The van der Waals surface area contributed by atoms with Crippen molar-refractivity contribution in [2.24, 2.45) is 0 Å². The smallest absolute Gasteiger partial charge is 0.244 e. The molecule has 0 aliphatic rings. The molecule has 0 unspecified atom stereocenters. The second-order valence-corrected chi connectivity index (χ2v) is 7.56. The maximum atomic E-state index is 12.1. The van der Waals surface area contributed by atoms with Crippen molar-refractivity contribution in [2.75, 3.05) is 25.6 Å². The number of methoxy groups -OCH3 is 1. The van der Waals surface area contributed by atoms with E-state index in [9.17, 15) is 9.59 Å². The molecule has 2 amide bonds. The number of nitrogens with zero attached hydrogens (tertiary/aromatic N) is 1. The van der Waals surface area contributed by atoms with E-state index in [1.54, 1.807) is 55.7 Å². The first-order valence-corrected chi connectivity index (χ1v) is 11.1. The van der Waals surface area contributed by atoms with Crippen LogP contribution in [0.5, 0.6) is 17.2 Å². The van der Waals surface area contributed by atoms with E-state index < -0.39 is 5.91 Å². The van der Waals surface area contributed by atoms with Crippen molar-refractivity contribution >= 4 is 23.6 Å². The molecule has 0 atom stereocenters. The van der Waals surface area contributed by atoms with Gasteiger partial charge >= 0.3 is 0 Å². The largest absolute Gasteiger partial charge is 0.494 e. The fourth-order valence-electron chi connectivity index (χ4n) is 3.17. The van der Waals surface area contributed by atoms with Crippen LogP contribution in [0.25, 0.3) is 6.08 Å². The van der Waals surface area contributed by atoms with E-state index in [0.717, 1.165) is 22.6 Å². The van der Waals surface area contributed by atoms with Crippen molar-refractivity contribution in [3.05, 3.63) is 71.1 Å². The Labute approximate surface area is 204 Å². The highest BCUT2D eigenvalue weighted by Gasteiger charge is 2.12. The lowest BCUT2D eigenvalue weighted by molar-refractivity contribution is -0.121. The molecule has 2 N–H and O–H groups in total. The van der Waals surface area contributed by atoms with Crippen molar-refractivity contribution in [3.8, 4) is 17.2 Å². The van der Waals surface area contributed by atoms with Crippen molar-refractivity contribution in [2.45, 2.75) is 27.4 Å². The number of benzene rings is 2. The summed E-state index contributed by atoms with van der Waals surface area (Å²) < 4.78 is 21.8. The lowest BCUT2D eigenvalue weighted by atomic mass is 10.2. The number of hydrogen-bond donors (Lipinski definition) is 2. The predicted octanol–water partition coefficient (Wildman–Crippen LogP) is 4.05. The normalized spacial score (nSPS) is 10.7. The van der Waals surface area contributed by atoms with Crippen LogP contribution in [0.1, 0.15) is 29.5 Å². The first kappa shape index (κ1) is 25.4. The number of nitrogens with one attached hydrogen (secondary N) is 2. The molecule has 9 heteroatoms. The van der Waals surface area contributed by atoms with Gasteiger partial charge in [0.05, 0.1) is 31.5 Å². The van der Waals surface area contributed by atoms with E-state index >= 15 is 0 Å². The highest BCUT2D eigenvalue weighted by atomic mass is 16.5. The van der Waals surface area contributed by atoms with Crippen LogP contribution in [-0.2, 0) is 16.2 Å². The molecule has 0 saturated heterocycles. The average molecular weight is 480 g/mol. The molecule has 0 fully saturated rings. The summed E-state index contributed by atoms with van der Waals surface area (Å²) in [6, 6.07) is 12.3. The maximum Gasteiger partial charge on any atom is 0.244 e. The predicted molar refractivity (Wildman–Crippen MR) is 132 cm³/mol. The lowest BCUT2D eigenvalue weighted by Gasteiger charge is -2.11. The quantitative estimate of drug-likeness (QED) is 0.399. The molecule has 0 bridgehead atoms. The molecule has 0 aliphatic heterocycles. The molecule has 0 spiro atoms. The fraction of sp³-hybridized carbons (Fsp3) is 0.269. The topological polar surface area (TPSA) is 112 Å². The van der Waals surface area contributed by atoms with Crippen molar-refractivity contribution < 1.29 is 28.3 Å². The van der Waals surface area contributed by atoms with E-state index in [-0.39, 0.29) is 12.5 Å². The molecule has 2 aromatic carbocycles. The number of rotatable bonds is 11. The second-order valence-electron chi connectivity index (χ2n) is 7.56. The van der Waals surface area contributed by atoms with Crippen molar-refractivity contribution in [3.63, 3.8) is 0 Å². The van der Waals surface area contributed by atoms with Crippen LogP contribution in [0.2, 0.25) is 0 Å². The van der Waals surface area contributed by atoms with Gasteiger partial charge in [-0.05, 0) is 68.8 Å². The molecule has 1 heterocycles. The Kier molecular flexibility index (Phi) is 8.89. The standard InChI is InChI=1S/C26H29N3O6/c1-5-33-21-10-8-20(9-11-21)28-26(31)15-27-25(30)13-7-19-6-12-23(24(14-19)32-4)34-16-22-17(2)29-35-18(22)3/h6-14H,5,15-16H2,1-4H3,(H,27,30)(H,28,31)/b13-7+. The summed E-state index contributed by atoms with van der Waals surface area (Å²) in [7, 11) is 1.54. The Hall–Kier alpha value is -4.27. The number of anilines is 1. The highest BCUT2D eigenvalue weighted by molar-refractivity contribution is 5.98. The fourth-order valence-corrected chi connectivity index (χ4v) is 3.17. The lowest BCUT2D eigenvalue weighted by Crippen LogP contribution is -2.31. The zero-order valence-electron chi connectivity index (χ0n) is 20.2. The number of ether oxygens (including phenoxy) is 3. The molecule has 35 heavy (non-hydrogen) atoms. The molecule has 3 aromatic rings. The summed E-state index contributed by atoms with van der Waals surface area (Å²) in [6.45, 7) is 6.30. The van der Waals surface area contributed by atoms with Gasteiger partial charge in [-0.2, -0.15) is 0 Å². The third kappa shape index (κ3) is 7.36. The van der Waals surface area contributed by atoms with Gasteiger partial charge in [0, 0.05) is 11.8 Å². The Morgan fingerprint density at radius 1 is 1.06 bits per heavy atom. The molecular formula is C26H29N3O6. The molecule has 184 valence electrons.